The van der Waals surface area contributed by atoms with Crippen molar-refractivity contribution in [2.75, 3.05) is 7.11 Å². The van der Waals surface area contributed by atoms with E-state index in [0.29, 0.717) is 5.75 Å². The maximum atomic E-state index is 11.8. The number of esters is 1. The highest BCUT2D eigenvalue weighted by Gasteiger charge is 2.09. The van der Waals surface area contributed by atoms with Crippen molar-refractivity contribution in [3.05, 3.63) is 65.7 Å². The highest BCUT2D eigenvalue weighted by molar-refractivity contribution is 5.87. The minimum absolute atomic E-state index is 0.0555. The van der Waals surface area contributed by atoms with Gasteiger partial charge in [-0.1, -0.05) is 36.4 Å². The molecule has 0 aliphatic rings. The lowest BCUT2D eigenvalue weighted by atomic mass is 10.1. The first kappa shape index (κ1) is 15.6. The summed E-state index contributed by atoms with van der Waals surface area (Å²) in [7, 11) is 1.47. The van der Waals surface area contributed by atoms with Gasteiger partial charge in [-0.3, -0.25) is 0 Å². The first-order valence-electron chi connectivity index (χ1n) is 6.91. The van der Waals surface area contributed by atoms with Crippen LogP contribution >= 0.6 is 0 Å². The second kappa shape index (κ2) is 7.31. The van der Waals surface area contributed by atoms with Crippen LogP contribution in [0.2, 0.25) is 0 Å². The number of methoxy groups -OCH3 is 1. The van der Waals surface area contributed by atoms with Crippen LogP contribution in [0.3, 0.4) is 0 Å². The Bertz CT molecular complexity index is 662. The van der Waals surface area contributed by atoms with E-state index in [2.05, 4.69) is 0 Å². The molecule has 22 heavy (non-hydrogen) atoms. The van der Waals surface area contributed by atoms with Crippen LogP contribution < -0.4 is 4.74 Å². The first-order chi connectivity index (χ1) is 10.6. The van der Waals surface area contributed by atoms with Crippen LogP contribution in [0.4, 0.5) is 0 Å². The summed E-state index contributed by atoms with van der Waals surface area (Å²) >= 11 is 0. The molecule has 2 aromatic rings. The van der Waals surface area contributed by atoms with Gasteiger partial charge in [-0.25, -0.2) is 4.79 Å². The van der Waals surface area contributed by atoms with Crippen LogP contribution in [-0.2, 0) is 9.53 Å². The van der Waals surface area contributed by atoms with Gasteiger partial charge in [0.1, 0.15) is 6.10 Å². The molecule has 2 rings (SSSR count). The predicted molar refractivity (Wildman–Crippen MR) is 84.6 cm³/mol. The summed E-state index contributed by atoms with van der Waals surface area (Å²) in [6.45, 7) is 1.82. The molecule has 0 saturated heterocycles. The molecule has 1 atom stereocenters. The quantitative estimate of drug-likeness (QED) is 0.675. The molecule has 4 heteroatoms. The fourth-order valence-corrected chi connectivity index (χ4v) is 1.97. The van der Waals surface area contributed by atoms with Gasteiger partial charge in [0, 0.05) is 6.08 Å². The van der Waals surface area contributed by atoms with Crippen molar-refractivity contribution < 1.29 is 19.4 Å². The van der Waals surface area contributed by atoms with E-state index >= 15 is 0 Å². The molecule has 0 radical (unpaired) electrons. The maximum Gasteiger partial charge on any atom is 0.331 e. The third kappa shape index (κ3) is 4.12. The molecular weight excluding hydrogens is 280 g/mol. The molecule has 0 unspecified atom stereocenters. The molecular formula is C18H18O4. The van der Waals surface area contributed by atoms with E-state index < -0.39 is 5.97 Å². The van der Waals surface area contributed by atoms with E-state index in [1.165, 1.54) is 19.3 Å². The van der Waals surface area contributed by atoms with E-state index in [0.717, 1.165) is 11.1 Å². The Labute approximate surface area is 129 Å². The number of hydrogen-bond acceptors (Lipinski definition) is 4. The third-order valence-corrected chi connectivity index (χ3v) is 3.18. The van der Waals surface area contributed by atoms with Gasteiger partial charge >= 0.3 is 5.97 Å². The number of carbonyl (C=O) groups excluding carboxylic acids is 1. The number of ether oxygens (including phenoxy) is 2. The molecule has 0 aliphatic carbocycles. The first-order valence-corrected chi connectivity index (χ1v) is 6.91. The molecule has 2 aromatic carbocycles. The monoisotopic (exact) mass is 298 g/mol. The molecule has 0 bridgehead atoms. The van der Waals surface area contributed by atoms with E-state index in [-0.39, 0.29) is 11.9 Å². The smallest absolute Gasteiger partial charge is 0.331 e. The van der Waals surface area contributed by atoms with Gasteiger partial charge in [0.2, 0.25) is 0 Å². The zero-order chi connectivity index (χ0) is 15.9. The van der Waals surface area contributed by atoms with Crippen molar-refractivity contribution in [2.45, 2.75) is 13.0 Å². The second-order valence-electron chi connectivity index (χ2n) is 4.75. The highest BCUT2D eigenvalue weighted by Crippen LogP contribution is 2.26. The Morgan fingerprint density at radius 1 is 1.18 bits per heavy atom. The van der Waals surface area contributed by atoms with Gasteiger partial charge < -0.3 is 14.6 Å². The summed E-state index contributed by atoms with van der Waals surface area (Å²) in [5, 5.41) is 9.52. The SMILES string of the molecule is COc1cc(/C=C/C(=O)O[C@@H](C)c2ccccc2)ccc1O. The maximum absolute atomic E-state index is 11.8. The van der Waals surface area contributed by atoms with E-state index in [9.17, 15) is 9.90 Å². The molecule has 0 heterocycles. The van der Waals surface area contributed by atoms with Crippen molar-refractivity contribution in [1.29, 1.82) is 0 Å². The van der Waals surface area contributed by atoms with Crippen molar-refractivity contribution in [3.8, 4) is 11.5 Å². The van der Waals surface area contributed by atoms with Gasteiger partial charge in [-0.2, -0.15) is 0 Å². The average Bonchev–Trinajstić information content (AvgIpc) is 2.55. The number of phenols is 1. The molecule has 0 fully saturated rings. The highest BCUT2D eigenvalue weighted by atomic mass is 16.5. The minimum Gasteiger partial charge on any atom is -0.504 e. The lowest BCUT2D eigenvalue weighted by Gasteiger charge is -2.11. The van der Waals surface area contributed by atoms with E-state index in [4.69, 9.17) is 9.47 Å². The summed E-state index contributed by atoms with van der Waals surface area (Å²) in [6.07, 6.45) is 2.65. The van der Waals surface area contributed by atoms with Crippen LogP contribution in [0, 0.1) is 0 Å². The van der Waals surface area contributed by atoms with Crippen LogP contribution in [-0.4, -0.2) is 18.2 Å². The second-order valence-corrected chi connectivity index (χ2v) is 4.75. The summed E-state index contributed by atoms with van der Waals surface area (Å²) in [5.41, 5.74) is 1.68. The van der Waals surface area contributed by atoms with Gasteiger partial charge in [0.15, 0.2) is 11.5 Å². The lowest BCUT2D eigenvalue weighted by Crippen LogP contribution is -2.05. The van der Waals surface area contributed by atoms with Gasteiger partial charge in [-0.15, -0.1) is 0 Å². The minimum atomic E-state index is -0.427. The normalized spacial score (nSPS) is 12.1. The fraction of sp³-hybridized carbons (Fsp3) is 0.167. The number of aromatic hydroxyl groups is 1. The van der Waals surface area contributed by atoms with Gasteiger partial charge in [0.05, 0.1) is 7.11 Å². The average molecular weight is 298 g/mol. The summed E-state index contributed by atoms with van der Waals surface area (Å²) in [5.74, 6) is -0.0171. The molecule has 0 amide bonds. The standard InChI is InChI=1S/C18H18O4/c1-13(15-6-4-3-5-7-15)22-18(20)11-9-14-8-10-16(19)17(12-14)21-2/h3-13,19H,1-2H3/b11-9+/t13-/m0/s1. The number of carbonyl (C=O) groups is 1. The Balaban J connectivity index is 1.99. The topological polar surface area (TPSA) is 55.8 Å². The summed E-state index contributed by atoms with van der Waals surface area (Å²) in [6, 6.07) is 14.4. The molecule has 114 valence electrons. The molecule has 0 saturated carbocycles. The molecule has 1 N–H and O–H groups in total. The molecule has 4 nitrogen and oxygen atoms in total. The van der Waals surface area contributed by atoms with Crippen molar-refractivity contribution in [3.63, 3.8) is 0 Å². The summed E-state index contributed by atoms with van der Waals surface area (Å²) < 4.78 is 10.3. The zero-order valence-corrected chi connectivity index (χ0v) is 12.5. The fourth-order valence-electron chi connectivity index (χ4n) is 1.97. The third-order valence-electron chi connectivity index (χ3n) is 3.18. The molecule has 0 aliphatic heterocycles. The number of hydrogen-bond donors (Lipinski definition) is 1. The van der Waals surface area contributed by atoms with E-state index in [1.54, 1.807) is 18.2 Å². The Kier molecular flexibility index (Phi) is 5.20. The Hall–Kier alpha value is -2.75. The van der Waals surface area contributed by atoms with Crippen LogP contribution in [0.15, 0.2) is 54.6 Å². The largest absolute Gasteiger partial charge is 0.504 e. The van der Waals surface area contributed by atoms with Crippen molar-refractivity contribution in [2.24, 2.45) is 0 Å². The van der Waals surface area contributed by atoms with Crippen molar-refractivity contribution >= 4 is 12.0 Å². The number of phenolic OH excluding ortho intramolecular Hbond substituents is 1. The Morgan fingerprint density at radius 3 is 2.59 bits per heavy atom. The van der Waals surface area contributed by atoms with Crippen molar-refractivity contribution in [1.82, 2.24) is 0 Å². The molecule has 0 spiro atoms. The zero-order valence-electron chi connectivity index (χ0n) is 12.5. The van der Waals surface area contributed by atoms with Crippen LogP contribution in [0.1, 0.15) is 24.2 Å². The summed E-state index contributed by atoms with van der Waals surface area (Å²) in [4.78, 5) is 11.8. The lowest BCUT2D eigenvalue weighted by molar-refractivity contribution is -0.142. The molecule has 0 aromatic heterocycles. The Morgan fingerprint density at radius 2 is 1.91 bits per heavy atom. The number of benzene rings is 2. The van der Waals surface area contributed by atoms with E-state index in [1.807, 2.05) is 37.3 Å². The van der Waals surface area contributed by atoms with Gasteiger partial charge in [-0.05, 0) is 36.3 Å². The predicted octanol–water partition coefficient (Wildman–Crippen LogP) is 3.72. The van der Waals surface area contributed by atoms with Gasteiger partial charge in [0.25, 0.3) is 0 Å². The number of rotatable bonds is 5. The van der Waals surface area contributed by atoms with Crippen LogP contribution in [0.25, 0.3) is 6.08 Å². The van der Waals surface area contributed by atoms with Crippen LogP contribution in [0.5, 0.6) is 11.5 Å².